The molecule has 136 valence electrons. The average molecular weight is 342 g/mol. The molecule has 0 bridgehead atoms. The predicted molar refractivity (Wildman–Crippen MR) is 85.5 cm³/mol. The maximum atomic E-state index is 12.4. The fourth-order valence-corrected chi connectivity index (χ4v) is 2.75. The smallest absolute Gasteiger partial charge is 0.326 e. The van der Waals surface area contributed by atoms with Crippen LogP contribution < -0.4 is 16.8 Å². The lowest BCUT2D eigenvalue weighted by Gasteiger charge is -2.28. The lowest BCUT2D eigenvalue weighted by Crippen LogP contribution is -2.55. The summed E-state index contributed by atoms with van der Waals surface area (Å²) >= 11 is 0. The Hall–Kier alpha value is -2.16. The van der Waals surface area contributed by atoms with E-state index in [1.54, 1.807) is 6.92 Å². The second-order valence-electron chi connectivity index (χ2n) is 6.18. The quantitative estimate of drug-likeness (QED) is 0.434. The van der Waals surface area contributed by atoms with Gasteiger partial charge in [-0.05, 0) is 18.8 Å². The largest absolute Gasteiger partial charge is 0.480 e. The van der Waals surface area contributed by atoms with E-state index in [0.29, 0.717) is 25.8 Å². The Balaban J connectivity index is 2.79. The van der Waals surface area contributed by atoms with E-state index < -0.39 is 41.8 Å². The molecule has 0 aliphatic carbocycles. The maximum absolute atomic E-state index is 12.4. The summed E-state index contributed by atoms with van der Waals surface area (Å²) < 4.78 is 0. The number of nitrogens with one attached hydrogen (secondary N) is 1. The van der Waals surface area contributed by atoms with Gasteiger partial charge in [-0.15, -0.1) is 0 Å². The van der Waals surface area contributed by atoms with Gasteiger partial charge in [-0.1, -0.05) is 20.3 Å². The first-order valence-electron chi connectivity index (χ1n) is 8.06. The number of nitrogens with zero attached hydrogens (tertiary/aromatic N) is 1. The first-order chi connectivity index (χ1) is 11.2. The number of amides is 3. The number of nitrogens with two attached hydrogens (primary N) is 2. The standard InChI is InChI=1S/C15H26N4O5/c1-3-8(2)12(15(23)24)18-13(21)10-5-4-6-19(10)14(22)9(16)7-11(17)20/h8-10,12H,3-7,16H2,1-2H3,(H2,17,20)(H,18,21)(H,23,24). The topological polar surface area (TPSA) is 156 Å². The molecule has 1 saturated heterocycles. The van der Waals surface area contributed by atoms with E-state index in [4.69, 9.17) is 11.5 Å². The number of carboxylic acids is 1. The highest BCUT2D eigenvalue weighted by molar-refractivity contribution is 5.93. The third kappa shape index (κ3) is 4.92. The van der Waals surface area contributed by atoms with Crippen LogP contribution in [0, 0.1) is 5.92 Å². The first kappa shape index (κ1) is 19.9. The van der Waals surface area contributed by atoms with Crippen LogP contribution in [-0.4, -0.2) is 58.4 Å². The van der Waals surface area contributed by atoms with Crippen molar-refractivity contribution in [1.82, 2.24) is 10.2 Å². The number of carbonyl (C=O) groups is 4. The van der Waals surface area contributed by atoms with Crippen molar-refractivity contribution in [3.8, 4) is 0 Å². The van der Waals surface area contributed by atoms with Crippen LogP contribution in [0.2, 0.25) is 0 Å². The summed E-state index contributed by atoms with van der Waals surface area (Å²) in [4.78, 5) is 48.3. The molecule has 4 unspecified atom stereocenters. The summed E-state index contributed by atoms with van der Waals surface area (Å²) in [6.45, 7) is 3.91. The molecule has 0 aromatic heterocycles. The second kappa shape index (κ2) is 8.62. The summed E-state index contributed by atoms with van der Waals surface area (Å²) in [5.74, 6) is -3.09. The number of rotatable bonds is 8. The monoisotopic (exact) mass is 342 g/mol. The number of likely N-dealkylation sites (tertiary alicyclic amines) is 1. The Morgan fingerprint density at radius 3 is 2.46 bits per heavy atom. The van der Waals surface area contributed by atoms with Gasteiger partial charge in [0.25, 0.3) is 0 Å². The molecule has 0 saturated carbocycles. The molecular formula is C15H26N4O5. The highest BCUT2D eigenvalue weighted by Gasteiger charge is 2.38. The summed E-state index contributed by atoms with van der Waals surface area (Å²) in [5, 5.41) is 11.8. The first-order valence-corrected chi connectivity index (χ1v) is 8.06. The fourth-order valence-electron chi connectivity index (χ4n) is 2.75. The van der Waals surface area contributed by atoms with Gasteiger partial charge in [0.05, 0.1) is 12.5 Å². The molecule has 4 atom stereocenters. The molecule has 0 spiro atoms. The van der Waals surface area contributed by atoms with Gasteiger partial charge < -0.3 is 26.8 Å². The molecule has 1 rings (SSSR count). The molecular weight excluding hydrogens is 316 g/mol. The third-order valence-corrected chi connectivity index (χ3v) is 4.35. The Morgan fingerprint density at radius 2 is 1.96 bits per heavy atom. The van der Waals surface area contributed by atoms with E-state index >= 15 is 0 Å². The summed E-state index contributed by atoms with van der Waals surface area (Å²) in [7, 11) is 0. The fraction of sp³-hybridized carbons (Fsp3) is 0.733. The number of primary amides is 1. The van der Waals surface area contributed by atoms with Gasteiger partial charge in [0.15, 0.2) is 0 Å². The van der Waals surface area contributed by atoms with Crippen LogP contribution in [0.5, 0.6) is 0 Å². The zero-order valence-electron chi connectivity index (χ0n) is 14.0. The minimum absolute atomic E-state index is 0.242. The highest BCUT2D eigenvalue weighted by atomic mass is 16.4. The number of hydrogen-bond donors (Lipinski definition) is 4. The zero-order valence-corrected chi connectivity index (χ0v) is 14.0. The molecule has 0 aromatic rings. The van der Waals surface area contributed by atoms with Gasteiger partial charge >= 0.3 is 5.97 Å². The molecule has 0 radical (unpaired) electrons. The minimum Gasteiger partial charge on any atom is -0.480 e. The van der Waals surface area contributed by atoms with Crippen molar-refractivity contribution in [2.45, 2.75) is 57.7 Å². The second-order valence-corrected chi connectivity index (χ2v) is 6.18. The van der Waals surface area contributed by atoms with Crippen LogP contribution in [0.3, 0.4) is 0 Å². The van der Waals surface area contributed by atoms with E-state index in [1.165, 1.54) is 4.90 Å². The highest BCUT2D eigenvalue weighted by Crippen LogP contribution is 2.20. The molecule has 9 nitrogen and oxygen atoms in total. The van der Waals surface area contributed by atoms with Crippen LogP contribution in [0.1, 0.15) is 39.5 Å². The molecule has 1 aliphatic heterocycles. The lowest BCUT2D eigenvalue weighted by atomic mass is 9.98. The number of carbonyl (C=O) groups excluding carboxylic acids is 3. The van der Waals surface area contributed by atoms with E-state index in [-0.39, 0.29) is 12.3 Å². The summed E-state index contributed by atoms with van der Waals surface area (Å²) in [5.41, 5.74) is 10.7. The summed E-state index contributed by atoms with van der Waals surface area (Å²) in [6.07, 6.45) is 1.32. The Labute approximate surface area is 140 Å². The number of aliphatic carboxylic acids is 1. The molecule has 24 heavy (non-hydrogen) atoms. The number of hydrogen-bond acceptors (Lipinski definition) is 5. The number of carboxylic acid groups (broad SMARTS) is 1. The minimum atomic E-state index is -1.11. The van der Waals surface area contributed by atoms with Crippen LogP contribution in [0.15, 0.2) is 0 Å². The Morgan fingerprint density at radius 1 is 1.33 bits per heavy atom. The summed E-state index contributed by atoms with van der Waals surface area (Å²) in [6, 6.07) is -2.89. The molecule has 1 heterocycles. The van der Waals surface area contributed by atoms with Crippen LogP contribution >= 0.6 is 0 Å². The SMILES string of the molecule is CCC(C)C(NC(=O)C1CCCN1C(=O)C(N)CC(N)=O)C(=O)O. The predicted octanol–water partition coefficient (Wildman–Crippen LogP) is -1.20. The van der Waals surface area contributed by atoms with E-state index in [0.717, 1.165) is 0 Å². The van der Waals surface area contributed by atoms with Crippen LogP contribution in [0.25, 0.3) is 0 Å². The van der Waals surface area contributed by atoms with Gasteiger partial charge in [-0.3, -0.25) is 14.4 Å². The van der Waals surface area contributed by atoms with E-state index in [1.807, 2.05) is 6.92 Å². The molecule has 1 aliphatic rings. The Bertz CT molecular complexity index is 510. The third-order valence-electron chi connectivity index (χ3n) is 4.35. The zero-order chi connectivity index (χ0) is 18.4. The molecule has 6 N–H and O–H groups in total. The molecule has 0 aromatic carbocycles. The maximum Gasteiger partial charge on any atom is 0.326 e. The van der Waals surface area contributed by atoms with Crippen molar-refractivity contribution in [3.05, 3.63) is 0 Å². The van der Waals surface area contributed by atoms with Gasteiger partial charge in [0.2, 0.25) is 17.7 Å². The van der Waals surface area contributed by atoms with Gasteiger partial charge in [-0.2, -0.15) is 0 Å². The van der Waals surface area contributed by atoms with E-state index in [2.05, 4.69) is 5.32 Å². The molecule has 3 amide bonds. The van der Waals surface area contributed by atoms with Gasteiger partial charge in [0.1, 0.15) is 12.1 Å². The van der Waals surface area contributed by atoms with Crippen molar-refractivity contribution in [3.63, 3.8) is 0 Å². The van der Waals surface area contributed by atoms with Crippen molar-refractivity contribution in [2.24, 2.45) is 17.4 Å². The van der Waals surface area contributed by atoms with Crippen molar-refractivity contribution in [1.29, 1.82) is 0 Å². The van der Waals surface area contributed by atoms with Crippen molar-refractivity contribution >= 4 is 23.7 Å². The van der Waals surface area contributed by atoms with Crippen LogP contribution in [0.4, 0.5) is 0 Å². The molecule has 9 heteroatoms. The van der Waals surface area contributed by atoms with Crippen molar-refractivity contribution in [2.75, 3.05) is 6.54 Å². The lowest BCUT2D eigenvalue weighted by molar-refractivity contribution is -0.145. The average Bonchev–Trinajstić information content (AvgIpc) is 2.99. The van der Waals surface area contributed by atoms with Gasteiger partial charge in [0, 0.05) is 6.54 Å². The van der Waals surface area contributed by atoms with Gasteiger partial charge in [-0.25, -0.2) is 4.79 Å². The molecule has 1 fully saturated rings. The van der Waals surface area contributed by atoms with Crippen LogP contribution in [-0.2, 0) is 19.2 Å². The Kier molecular flexibility index (Phi) is 7.15. The normalized spacial score (nSPS) is 21.0. The van der Waals surface area contributed by atoms with E-state index in [9.17, 15) is 24.3 Å². The van der Waals surface area contributed by atoms with Crippen molar-refractivity contribution < 1.29 is 24.3 Å².